The van der Waals surface area contributed by atoms with E-state index in [9.17, 15) is 9.90 Å². The molecule has 0 amide bonds. The maximum Gasteiger partial charge on any atom is 0.138 e. The van der Waals surface area contributed by atoms with Gasteiger partial charge in [-0.25, -0.2) is 0 Å². The molecule has 0 saturated carbocycles. The molecule has 1 aliphatic rings. The molecule has 1 heterocycles. The van der Waals surface area contributed by atoms with E-state index in [4.69, 9.17) is 0 Å². The molecule has 82 valence electrons. The average molecular weight is 217 g/mol. The number of nitrogens with zero attached hydrogens (tertiary/aromatic N) is 1. The molecule has 1 aliphatic heterocycles. The zero-order valence-corrected chi connectivity index (χ0v) is 9.88. The van der Waals surface area contributed by atoms with E-state index in [2.05, 4.69) is 25.7 Å². The number of carbonyl (C=O) groups excluding carboxylic acids is 1. The van der Waals surface area contributed by atoms with E-state index in [1.165, 1.54) is 0 Å². The van der Waals surface area contributed by atoms with Gasteiger partial charge in [-0.15, -0.1) is 11.8 Å². The Hall–Kier alpha value is -0.0600. The molecule has 2 atom stereocenters. The Morgan fingerprint density at radius 3 is 2.64 bits per heavy atom. The number of aliphatic hydroxyl groups excluding tert-OH is 1. The summed E-state index contributed by atoms with van der Waals surface area (Å²) in [6, 6.07) is -0.0652. The summed E-state index contributed by atoms with van der Waals surface area (Å²) in [4.78, 5) is 13.1. The van der Waals surface area contributed by atoms with E-state index in [1.807, 2.05) is 0 Å². The first-order chi connectivity index (χ1) is 6.56. The molecule has 1 unspecified atom stereocenters. The second kappa shape index (κ2) is 4.64. The number of carbonyl (C=O) groups is 1. The molecule has 0 aliphatic carbocycles. The first-order valence-electron chi connectivity index (χ1n) is 5.06. The minimum atomic E-state index is -0.0791. The second-order valence-electron chi connectivity index (χ2n) is 4.18. The molecule has 0 aromatic rings. The molecule has 0 spiro atoms. The Balaban J connectivity index is 2.80. The number of hydrogen-bond acceptors (Lipinski definition) is 4. The summed E-state index contributed by atoms with van der Waals surface area (Å²) < 4.78 is -0.0791. The van der Waals surface area contributed by atoms with E-state index in [0.717, 1.165) is 19.3 Å². The van der Waals surface area contributed by atoms with Crippen LogP contribution in [-0.4, -0.2) is 45.6 Å². The van der Waals surface area contributed by atoms with Crippen LogP contribution >= 0.6 is 11.8 Å². The van der Waals surface area contributed by atoms with Crippen LogP contribution in [0.4, 0.5) is 0 Å². The molecule has 1 rings (SSSR count). The van der Waals surface area contributed by atoms with Crippen molar-refractivity contribution in [3.05, 3.63) is 0 Å². The fourth-order valence-electron chi connectivity index (χ4n) is 1.99. The lowest BCUT2D eigenvalue weighted by atomic mass is 10.0. The lowest BCUT2D eigenvalue weighted by molar-refractivity contribution is -0.113. The van der Waals surface area contributed by atoms with Gasteiger partial charge in [-0.1, -0.05) is 6.92 Å². The van der Waals surface area contributed by atoms with Crippen molar-refractivity contribution < 1.29 is 9.90 Å². The zero-order valence-electron chi connectivity index (χ0n) is 9.06. The smallest absolute Gasteiger partial charge is 0.138 e. The summed E-state index contributed by atoms with van der Waals surface area (Å²) in [5.74, 6) is 0. The van der Waals surface area contributed by atoms with Crippen LogP contribution in [0.1, 0.15) is 27.2 Å². The van der Waals surface area contributed by atoms with Crippen molar-refractivity contribution in [3.8, 4) is 0 Å². The zero-order chi connectivity index (χ0) is 10.8. The van der Waals surface area contributed by atoms with Gasteiger partial charge in [0.15, 0.2) is 0 Å². The lowest BCUT2D eigenvalue weighted by Crippen LogP contribution is -2.44. The van der Waals surface area contributed by atoms with Gasteiger partial charge in [0.05, 0.1) is 18.0 Å². The first-order valence-corrected chi connectivity index (χ1v) is 5.94. The van der Waals surface area contributed by atoms with Crippen LogP contribution in [0.25, 0.3) is 0 Å². The second-order valence-corrected chi connectivity index (χ2v) is 6.01. The number of thioether (sulfide) groups is 1. The quantitative estimate of drug-likeness (QED) is 0.716. The van der Waals surface area contributed by atoms with Gasteiger partial charge in [0.2, 0.25) is 0 Å². The van der Waals surface area contributed by atoms with Crippen LogP contribution in [0.5, 0.6) is 0 Å². The van der Waals surface area contributed by atoms with E-state index in [1.54, 1.807) is 11.8 Å². The largest absolute Gasteiger partial charge is 0.394 e. The fourth-order valence-corrected chi connectivity index (χ4v) is 3.47. The van der Waals surface area contributed by atoms with Crippen LogP contribution in [0.3, 0.4) is 0 Å². The third kappa shape index (κ3) is 2.12. The number of rotatable bonds is 4. The number of aldehydes is 1. The monoisotopic (exact) mass is 217 g/mol. The predicted molar refractivity (Wildman–Crippen MR) is 59.4 cm³/mol. The number of hydrogen-bond donors (Lipinski definition) is 1. The van der Waals surface area contributed by atoms with E-state index < -0.39 is 0 Å². The van der Waals surface area contributed by atoms with Gasteiger partial charge in [0.25, 0.3) is 0 Å². The van der Waals surface area contributed by atoms with Crippen molar-refractivity contribution >= 4 is 18.0 Å². The Morgan fingerprint density at radius 1 is 1.57 bits per heavy atom. The van der Waals surface area contributed by atoms with Gasteiger partial charge in [-0.2, -0.15) is 0 Å². The molecule has 0 aromatic carbocycles. The van der Waals surface area contributed by atoms with Crippen molar-refractivity contribution in [2.45, 2.75) is 43.4 Å². The molecule has 3 nitrogen and oxygen atoms in total. The van der Waals surface area contributed by atoms with Gasteiger partial charge in [-0.05, 0) is 26.8 Å². The highest BCUT2D eigenvalue weighted by atomic mass is 32.2. The summed E-state index contributed by atoms with van der Waals surface area (Å²) >= 11 is 1.69. The summed E-state index contributed by atoms with van der Waals surface area (Å²) in [5.41, 5.74) is 0. The van der Waals surface area contributed by atoms with E-state index >= 15 is 0 Å². The highest BCUT2D eigenvalue weighted by molar-refractivity contribution is 8.01. The molecule has 1 saturated heterocycles. The minimum absolute atomic E-state index is 0.0652. The Kier molecular flexibility index (Phi) is 3.98. The molecular weight excluding hydrogens is 198 g/mol. The molecule has 1 N–H and O–H groups in total. The Morgan fingerprint density at radius 2 is 2.21 bits per heavy atom. The van der Waals surface area contributed by atoms with E-state index in [0.29, 0.717) is 0 Å². The van der Waals surface area contributed by atoms with Crippen molar-refractivity contribution in [1.82, 2.24) is 4.90 Å². The van der Waals surface area contributed by atoms with Gasteiger partial charge in [0, 0.05) is 4.75 Å². The standard InChI is InChI=1S/C10H19NO2S/c1-4-5-11-8(6-12)10(2,3)14-9(11)7-13/h6,8-9,13H,4-5,7H2,1-3H3/t8-,9?/m1/s1. The van der Waals surface area contributed by atoms with Crippen molar-refractivity contribution in [2.75, 3.05) is 13.2 Å². The predicted octanol–water partition coefficient (Wildman–Crippen LogP) is 1.11. The fraction of sp³-hybridized carbons (Fsp3) is 0.900. The highest BCUT2D eigenvalue weighted by Crippen LogP contribution is 2.43. The average Bonchev–Trinajstić information content (AvgIpc) is 2.37. The maximum atomic E-state index is 11.0. The van der Waals surface area contributed by atoms with Crippen LogP contribution in [0.15, 0.2) is 0 Å². The summed E-state index contributed by atoms with van der Waals surface area (Å²) in [6.07, 6.45) is 2.02. The number of aliphatic hydroxyl groups is 1. The molecule has 0 aromatic heterocycles. The Bertz CT molecular complexity index is 208. The Labute approximate surface area is 89.9 Å². The normalized spacial score (nSPS) is 32.0. The molecule has 14 heavy (non-hydrogen) atoms. The summed E-state index contributed by atoms with van der Waals surface area (Å²) in [5, 5.41) is 9.31. The summed E-state index contributed by atoms with van der Waals surface area (Å²) in [6.45, 7) is 7.22. The van der Waals surface area contributed by atoms with Crippen LogP contribution < -0.4 is 0 Å². The first kappa shape index (κ1) is 12.0. The highest BCUT2D eigenvalue weighted by Gasteiger charge is 2.46. The maximum absolute atomic E-state index is 11.0. The van der Waals surface area contributed by atoms with Gasteiger partial charge < -0.3 is 9.90 Å². The van der Waals surface area contributed by atoms with Crippen molar-refractivity contribution in [1.29, 1.82) is 0 Å². The van der Waals surface area contributed by atoms with Gasteiger partial charge in [-0.3, -0.25) is 4.90 Å². The molecule has 1 fully saturated rings. The summed E-state index contributed by atoms with van der Waals surface area (Å²) in [7, 11) is 0. The van der Waals surface area contributed by atoms with Crippen LogP contribution in [0, 0.1) is 0 Å². The SMILES string of the molecule is CCCN1C(CO)SC(C)(C)[C@H]1C=O. The van der Waals surface area contributed by atoms with Crippen molar-refractivity contribution in [2.24, 2.45) is 0 Å². The molecule has 0 bridgehead atoms. The molecular formula is C10H19NO2S. The van der Waals surface area contributed by atoms with Crippen LogP contribution in [-0.2, 0) is 4.79 Å². The van der Waals surface area contributed by atoms with Gasteiger partial charge >= 0.3 is 0 Å². The van der Waals surface area contributed by atoms with Crippen molar-refractivity contribution in [3.63, 3.8) is 0 Å². The topological polar surface area (TPSA) is 40.5 Å². The molecule has 0 radical (unpaired) electrons. The lowest BCUT2D eigenvalue weighted by Gasteiger charge is -2.27. The van der Waals surface area contributed by atoms with Crippen LogP contribution in [0.2, 0.25) is 0 Å². The third-order valence-corrected chi connectivity index (χ3v) is 4.19. The van der Waals surface area contributed by atoms with E-state index in [-0.39, 0.29) is 22.8 Å². The minimum Gasteiger partial charge on any atom is -0.394 e. The molecule has 4 heteroatoms. The van der Waals surface area contributed by atoms with Gasteiger partial charge in [0.1, 0.15) is 6.29 Å². The third-order valence-electron chi connectivity index (χ3n) is 2.65.